The maximum Gasteiger partial charge on any atom is 0.185 e. The quantitative estimate of drug-likeness (QED) is 0.709. The van der Waals surface area contributed by atoms with E-state index in [0.717, 1.165) is 19.7 Å². The van der Waals surface area contributed by atoms with Gasteiger partial charge in [0.25, 0.3) is 0 Å². The minimum atomic E-state index is 0.146. The summed E-state index contributed by atoms with van der Waals surface area (Å²) in [4.78, 5) is 2.31. The maximum absolute atomic E-state index is 5.82. The molecule has 2 atom stereocenters. The minimum Gasteiger partial charge on any atom is -0.375 e. The lowest BCUT2D eigenvalue weighted by molar-refractivity contribution is 0.0580. The van der Waals surface area contributed by atoms with Crippen LogP contribution >= 0.6 is 0 Å². The van der Waals surface area contributed by atoms with Gasteiger partial charge in [-0.15, -0.1) is 0 Å². The molecule has 0 spiro atoms. The molecule has 0 amide bonds. The molecule has 1 fully saturated rings. The molecule has 1 saturated heterocycles. The highest BCUT2D eigenvalue weighted by Gasteiger charge is 2.26. The molecule has 0 aliphatic carbocycles. The Bertz CT molecular complexity index is 320. The Labute approximate surface area is 98.0 Å². The summed E-state index contributed by atoms with van der Waals surface area (Å²) in [5.41, 5.74) is 7.13. The summed E-state index contributed by atoms with van der Waals surface area (Å²) < 4.78 is 5.82. The molecule has 2 N–H and O–H groups in total. The van der Waals surface area contributed by atoms with E-state index in [2.05, 4.69) is 37.1 Å². The first-order valence-electron chi connectivity index (χ1n) is 5.86. The topological polar surface area (TPSA) is 38.5 Å². The summed E-state index contributed by atoms with van der Waals surface area (Å²) >= 11 is 0. The van der Waals surface area contributed by atoms with Crippen LogP contribution in [0.5, 0.6) is 0 Å². The Balaban J connectivity index is 2.20. The van der Waals surface area contributed by atoms with Gasteiger partial charge in [0.15, 0.2) is 7.98 Å². The van der Waals surface area contributed by atoms with Crippen LogP contribution < -0.4 is 5.73 Å². The first kappa shape index (κ1) is 11.6. The van der Waals surface area contributed by atoms with Crippen LogP contribution in [0.2, 0.25) is 0 Å². The summed E-state index contributed by atoms with van der Waals surface area (Å²) in [5, 5.41) is 0. The molecule has 0 saturated carbocycles. The number of rotatable bonds is 2. The van der Waals surface area contributed by atoms with Crippen molar-refractivity contribution in [3.63, 3.8) is 0 Å². The summed E-state index contributed by atoms with van der Waals surface area (Å²) in [6.45, 7) is 3.38. The second-order valence-corrected chi connectivity index (χ2v) is 4.42. The predicted octanol–water partition coefficient (Wildman–Crippen LogP) is -0.0222. The van der Waals surface area contributed by atoms with Gasteiger partial charge in [-0.3, -0.25) is 0 Å². The number of benzene rings is 1. The summed E-state index contributed by atoms with van der Waals surface area (Å²) in [5.74, 6) is 0.388. The van der Waals surface area contributed by atoms with Gasteiger partial charge in [0.05, 0.1) is 12.7 Å². The van der Waals surface area contributed by atoms with Gasteiger partial charge in [0.2, 0.25) is 0 Å². The molecular weight excluding hydrogens is 199 g/mol. The molecule has 86 valence electrons. The van der Waals surface area contributed by atoms with Gasteiger partial charge < -0.3 is 15.3 Å². The molecule has 0 bridgehead atoms. The van der Waals surface area contributed by atoms with Crippen LogP contribution in [0.4, 0.5) is 0 Å². The van der Waals surface area contributed by atoms with E-state index in [1.165, 1.54) is 5.56 Å². The van der Waals surface area contributed by atoms with Crippen molar-refractivity contribution in [2.75, 3.05) is 26.2 Å². The predicted molar refractivity (Wildman–Crippen MR) is 68.1 cm³/mol. The van der Waals surface area contributed by atoms with Crippen LogP contribution in [-0.4, -0.2) is 45.1 Å². The van der Waals surface area contributed by atoms with Crippen LogP contribution in [0.15, 0.2) is 30.3 Å². The van der Waals surface area contributed by atoms with Gasteiger partial charge >= 0.3 is 0 Å². The highest BCUT2D eigenvalue weighted by Crippen LogP contribution is 2.24. The van der Waals surface area contributed by atoms with Crippen LogP contribution in [0.25, 0.3) is 0 Å². The van der Waals surface area contributed by atoms with E-state index in [9.17, 15) is 0 Å². The lowest BCUT2D eigenvalue weighted by Gasteiger charge is -2.25. The summed E-state index contributed by atoms with van der Waals surface area (Å²) in [6.07, 6.45) is 0.146. The van der Waals surface area contributed by atoms with Crippen LogP contribution in [0.1, 0.15) is 11.5 Å². The average Bonchev–Trinajstić information content (AvgIpc) is 2.52. The highest BCUT2D eigenvalue weighted by atomic mass is 16.5. The normalized spacial score (nSPS) is 27.6. The molecule has 4 heteroatoms. The lowest BCUT2D eigenvalue weighted by atomic mass is 9.92. The number of nitrogens with two attached hydrogens (primary N) is 1. The number of hydrogen-bond donors (Lipinski definition) is 1. The fourth-order valence-electron chi connectivity index (χ4n) is 2.27. The van der Waals surface area contributed by atoms with E-state index < -0.39 is 0 Å². The molecule has 1 aromatic rings. The third-order valence-electron chi connectivity index (χ3n) is 3.22. The molecule has 1 aromatic carbocycles. The van der Waals surface area contributed by atoms with Crippen molar-refractivity contribution >= 4 is 7.98 Å². The van der Waals surface area contributed by atoms with E-state index >= 15 is 0 Å². The monoisotopic (exact) mass is 218 g/mol. The van der Waals surface area contributed by atoms with Crippen molar-refractivity contribution in [3.05, 3.63) is 35.9 Å². The standard InChI is InChI=1S/C12H19BN2O/c13-15-6-7-16-12(8-14)11(9-15)10-4-2-1-3-5-10/h1-5,11-12H,6-9,13-14H2/t11?,12-/m1/s1. The van der Waals surface area contributed by atoms with Gasteiger partial charge in [-0.25, -0.2) is 0 Å². The molecule has 16 heavy (non-hydrogen) atoms. The number of ether oxygens (including phenoxy) is 1. The molecule has 2 rings (SSSR count). The maximum atomic E-state index is 5.82. The Hall–Kier alpha value is -0.835. The number of hydrogen-bond acceptors (Lipinski definition) is 3. The van der Waals surface area contributed by atoms with Gasteiger partial charge in [0.1, 0.15) is 0 Å². The fourth-order valence-corrected chi connectivity index (χ4v) is 2.27. The van der Waals surface area contributed by atoms with Crippen LogP contribution in [-0.2, 0) is 4.74 Å². The molecule has 1 unspecified atom stereocenters. The Morgan fingerprint density at radius 2 is 2.12 bits per heavy atom. The summed E-state index contributed by atoms with van der Waals surface area (Å²) in [7, 11) is 2.14. The molecule has 0 aromatic heterocycles. The molecular formula is C12H19BN2O. The van der Waals surface area contributed by atoms with Gasteiger partial charge in [-0.2, -0.15) is 0 Å². The zero-order valence-electron chi connectivity index (χ0n) is 9.80. The molecule has 1 heterocycles. The minimum absolute atomic E-state index is 0.146. The van der Waals surface area contributed by atoms with E-state index in [-0.39, 0.29) is 6.10 Å². The van der Waals surface area contributed by atoms with Crippen molar-refractivity contribution < 1.29 is 4.74 Å². The smallest absolute Gasteiger partial charge is 0.185 e. The highest BCUT2D eigenvalue weighted by molar-refractivity contribution is 6.04. The zero-order valence-corrected chi connectivity index (χ0v) is 9.80. The van der Waals surface area contributed by atoms with E-state index in [4.69, 9.17) is 10.5 Å². The van der Waals surface area contributed by atoms with E-state index in [0.29, 0.717) is 12.5 Å². The van der Waals surface area contributed by atoms with Crippen LogP contribution in [0, 0.1) is 0 Å². The molecule has 0 radical (unpaired) electrons. The zero-order chi connectivity index (χ0) is 11.4. The van der Waals surface area contributed by atoms with Crippen molar-refractivity contribution in [2.24, 2.45) is 5.73 Å². The average molecular weight is 218 g/mol. The number of nitrogens with zero attached hydrogens (tertiary/aromatic N) is 1. The van der Waals surface area contributed by atoms with Crippen molar-refractivity contribution in [3.8, 4) is 0 Å². The van der Waals surface area contributed by atoms with Crippen molar-refractivity contribution in [2.45, 2.75) is 12.0 Å². The second kappa shape index (κ2) is 5.48. The Kier molecular flexibility index (Phi) is 3.99. The van der Waals surface area contributed by atoms with Gasteiger partial charge in [-0.1, -0.05) is 30.3 Å². The van der Waals surface area contributed by atoms with E-state index in [1.54, 1.807) is 0 Å². The lowest BCUT2D eigenvalue weighted by Crippen LogP contribution is -2.33. The van der Waals surface area contributed by atoms with Gasteiger partial charge in [0, 0.05) is 19.0 Å². The third kappa shape index (κ3) is 2.64. The fraction of sp³-hybridized carbons (Fsp3) is 0.500. The summed E-state index contributed by atoms with van der Waals surface area (Å²) in [6, 6.07) is 10.5. The Morgan fingerprint density at radius 3 is 2.81 bits per heavy atom. The van der Waals surface area contributed by atoms with E-state index in [1.807, 2.05) is 6.07 Å². The second-order valence-electron chi connectivity index (χ2n) is 4.42. The molecule has 1 aliphatic rings. The van der Waals surface area contributed by atoms with Gasteiger partial charge in [-0.05, 0) is 12.1 Å². The van der Waals surface area contributed by atoms with Crippen molar-refractivity contribution in [1.82, 2.24) is 4.81 Å². The largest absolute Gasteiger partial charge is 0.375 e. The SMILES string of the molecule is BN1CCO[C@H](CN)C(c2ccccc2)C1. The molecule has 1 aliphatic heterocycles. The third-order valence-corrected chi connectivity index (χ3v) is 3.22. The Morgan fingerprint density at radius 1 is 1.38 bits per heavy atom. The van der Waals surface area contributed by atoms with Crippen LogP contribution in [0.3, 0.4) is 0 Å². The molecule has 3 nitrogen and oxygen atoms in total. The van der Waals surface area contributed by atoms with Crippen molar-refractivity contribution in [1.29, 1.82) is 0 Å². The first-order valence-corrected chi connectivity index (χ1v) is 5.86. The first-order chi connectivity index (χ1) is 7.81.